The van der Waals surface area contributed by atoms with Gasteiger partial charge in [-0.15, -0.1) is 0 Å². The molecular formula is C15H8ClF7N2O2. The van der Waals surface area contributed by atoms with Crippen LogP contribution in [0.2, 0.25) is 5.02 Å². The number of ether oxygens (including phenoxy) is 1. The van der Waals surface area contributed by atoms with Crippen molar-refractivity contribution >= 4 is 23.5 Å². The van der Waals surface area contributed by atoms with E-state index in [4.69, 9.17) is 16.3 Å². The molecule has 0 spiro atoms. The molecule has 0 aromatic heterocycles. The number of benzene rings is 2. The molecule has 2 aromatic carbocycles. The predicted octanol–water partition coefficient (Wildman–Crippen LogP) is 5.08. The topological polar surface area (TPSA) is 53.8 Å². The molecule has 0 amide bonds. The normalized spacial score (nSPS) is 11.9. The smallest absolute Gasteiger partial charge is 0.422 e. The molecule has 2 N–H and O–H groups in total. The van der Waals surface area contributed by atoms with Crippen LogP contribution in [0.4, 0.5) is 36.4 Å². The summed E-state index contributed by atoms with van der Waals surface area (Å²) >= 11 is 5.80. The quantitative estimate of drug-likeness (QED) is 0.316. The van der Waals surface area contributed by atoms with Gasteiger partial charge in [-0.05, 0) is 6.07 Å². The second-order valence-electron chi connectivity index (χ2n) is 4.92. The van der Waals surface area contributed by atoms with Crippen molar-refractivity contribution in [3.63, 3.8) is 0 Å². The van der Waals surface area contributed by atoms with E-state index >= 15 is 0 Å². The molecule has 4 nitrogen and oxygen atoms in total. The van der Waals surface area contributed by atoms with Gasteiger partial charge in [0.05, 0.1) is 18.3 Å². The molecule has 0 atom stereocenters. The third-order valence-corrected chi connectivity index (χ3v) is 3.55. The molecule has 0 bridgehead atoms. The minimum atomic E-state index is -5.65. The Hall–Kier alpha value is -2.69. The van der Waals surface area contributed by atoms with E-state index in [2.05, 4.69) is 5.10 Å². The van der Waals surface area contributed by atoms with Gasteiger partial charge in [0, 0.05) is 11.6 Å². The highest BCUT2D eigenvalue weighted by molar-refractivity contribution is 6.33. The number of methoxy groups -OCH3 is 1. The van der Waals surface area contributed by atoms with Gasteiger partial charge in [0.2, 0.25) is 0 Å². The Morgan fingerprint density at radius 3 is 2.11 bits per heavy atom. The average molecular weight is 417 g/mol. The van der Waals surface area contributed by atoms with Gasteiger partial charge in [0.25, 0.3) is 0 Å². The van der Waals surface area contributed by atoms with Gasteiger partial charge in [-0.2, -0.15) is 18.3 Å². The van der Waals surface area contributed by atoms with Gasteiger partial charge in [-0.1, -0.05) is 11.6 Å². The van der Waals surface area contributed by atoms with Gasteiger partial charge in [-0.25, -0.2) is 17.6 Å². The Morgan fingerprint density at radius 2 is 1.63 bits per heavy atom. The maximum Gasteiger partial charge on any atom is 0.422 e. The number of nitrogens with zero attached hydrogens (tertiary/aromatic N) is 1. The van der Waals surface area contributed by atoms with Gasteiger partial charge in [0.1, 0.15) is 11.3 Å². The summed E-state index contributed by atoms with van der Waals surface area (Å²) in [6, 6.07) is 2.23. The van der Waals surface area contributed by atoms with E-state index in [9.17, 15) is 35.8 Å². The molecule has 2 rings (SSSR count). The van der Waals surface area contributed by atoms with Crippen LogP contribution in [0, 0.1) is 23.3 Å². The molecule has 0 radical (unpaired) electrons. The van der Waals surface area contributed by atoms with Gasteiger partial charge >= 0.3 is 6.18 Å². The lowest BCUT2D eigenvalue weighted by atomic mass is 10.1. The standard InChI is InChI=1S/C15H8ClF7N2O2/c1-27-8-2-5(6(16)3-7(8)26)4-24-25-14-12(19)10(17)9(15(21,22)23)11(18)13(14)20/h2-4,25-26H,1H3/b24-4-. The van der Waals surface area contributed by atoms with E-state index in [-0.39, 0.29) is 22.1 Å². The number of hydrazone groups is 1. The molecule has 0 aliphatic rings. The third-order valence-electron chi connectivity index (χ3n) is 3.23. The molecule has 0 heterocycles. The zero-order valence-corrected chi connectivity index (χ0v) is 13.8. The summed E-state index contributed by atoms with van der Waals surface area (Å²) in [5.41, 5.74) is -2.64. The van der Waals surface area contributed by atoms with Crippen LogP contribution in [0.5, 0.6) is 11.5 Å². The summed E-state index contributed by atoms with van der Waals surface area (Å²) in [5.74, 6) is -10.2. The van der Waals surface area contributed by atoms with E-state index in [0.717, 1.165) is 12.3 Å². The van der Waals surface area contributed by atoms with Crippen LogP contribution < -0.4 is 10.2 Å². The molecule has 0 aliphatic carbocycles. The molecular weight excluding hydrogens is 409 g/mol. The number of hydrogen-bond donors (Lipinski definition) is 2. The lowest BCUT2D eigenvalue weighted by Crippen LogP contribution is -2.16. The Labute approximate surface area is 151 Å². The fourth-order valence-electron chi connectivity index (χ4n) is 1.97. The van der Waals surface area contributed by atoms with Gasteiger partial charge < -0.3 is 9.84 Å². The van der Waals surface area contributed by atoms with E-state index in [0.29, 0.717) is 0 Å². The number of phenols is 1. The van der Waals surface area contributed by atoms with Crippen LogP contribution in [0.25, 0.3) is 0 Å². The maximum absolute atomic E-state index is 13.7. The SMILES string of the molecule is COc1cc(/C=N\Nc2c(F)c(F)c(C(F)(F)F)c(F)c2F)c(Cl)cc1O. The van der Waals surface area contributed by atoms with Crippen molar-refractivity contribution in [2.45, 2.75) is 6.18 Å². The molecule has 0 saturated carbocycles. The van der Waals surface area contributed by atoms with Gasteiger partial charge in [0.15, 0.2) is 34.8 Å². The Morgan fingerprint density at radius 1 is 1.07 bits per heavy atom. The highest BCUT2D eigenvalue weighted by Crippen LogP contribution is 2.38. The molecule has 0 unspecified atom stereocenters. The largest absolute Gasteiger partial charge is 0.504 e. The number of halogens is 8. The zero-order valence-electron chi connectivity index (χ0n) is 13.1. The second-order valence-corrected chi connectivity index (χ2v) is 5.33. The van der Waals surface area contributed by atoms with E-state index in [1.54, 1.807) is 5.43 Å². The monoisotopic (exact) mass is 416 g/mol. The number of phenolic OH excluding ortho intramolecular Hbond substituents is 1. The molecule has 0 fully saturated rings. The third kappa shape index (κ3) is 4.02. The van der Waals surface area contributed by atoms with Crippen molar-refractivity contribution in [1.82, 2.24) is 0 Å². The Balaban J connectivity index is 2.41. The van der Waals surface area contributed by atoms with Crippen molar-refractivity contribution in [2.24, 2.45) is 5.10 Å². The number of alkyl halides is 3. The summed E-state index contributed by atoms with van der Waals surface area (Å²) in [6.07, 6.45) is -4.82. The molecule has 146 valence electrons. The van der Waals surface area contributed by atoms with Gasteiger partial charge in [-0.3, -0.25) is 5.43 Å². The lowest BCUT2D eigenvalue weighted by Gasteiger charge is -2.13. The van der Waals surface area contributed by atoms with Crippen molar-refractivity contribution in [1.29, 1.82) is 0 Å². The summed E-state index contributed by atoms with van der Waals surface area (Å²) in [4.78, 5) is 0. The minimum absolute atomic E-state index is 0.0372. The lowest BCUT2D eigenvalue weighted by molar-refractivity contribution is -0.143. The van der Waals surface area contributed by atoms with Crippen molar-refractivity contribution < 1.29 is 40.6 Å². The fraction of sp³-hybridized carbons (Fsp3) is 0.133. The van der Waals surface area contributed by atoms with Crippen molar-refractivity contribution in [3.05, 3.63) is 51.6 Å². The van der Waals surface area contributed by atoms with Crippen LogP contribution in [0.1, 0.15) is 11.1 Å². The van der Waals surface area contributed by atoms with Crippen LogP contribution in [0.15, 0.2) is 17.2 Å². The predicted molar refractivity (Wildman–Crippen MR) is 82.2 cm³/mol. The first-order valence-corrected chi connectivity index (χ1v) is 7.15. The number of rotatable bonds is 4. The maximum atomic E-state index is 13.7. The first-order valence-electron chi connectivity index (χ1n) is 6.77. The fourth-order valence-corrected chi connectivity index (χ4v) is 2.17. The zero-order chi connectivity index (χ0) is 20.5. The molecule has 0 aliphatic heterocycles. The van der Waals surface area contributed by atoms with Crippen LogP contribution in [0.3, 0.4) is 0 Å². The van der Waals surface area contributed by atoms with Crippen LogP contribution in [-0.4, -0.2) is 18.4 Å². The average Bonchev–Trinajstić information content (AvgIpc) is 2.56. The molecule has 0 saturated heterocycles. The highest BCUT2D eigenvalue weighted by Gasteiger charge is 2.42. The summed E-state index contributed by atoms with van der Waals surface area (Å²) in [6.45, 7) is 0. The number of nitrogens with one attached hydrogen (secondary N) is 1. The van der Waals surface area contributed by atoms with E-state index in [1.165, 1.54) is 13.2 Å². The van der Waals surface area contributed by atoms with E-state index in [1.807, 2.05) is 0 Å². The number of aromatic hydroxyl groups is 1. The van der Waals surface area contributed by atoms with Crippen molar-refractivity contribution in [2.75, 3.05) is 12.5 Å². The van der Waals surface area contributed by atoms with E-state index < -0.39 is 40.7 Å². The second kappa shape index (κ2) is 7.51. The first kappa shape index (κ1) is 20.6. The summed E-state index contributed by atoms with van der Waals surface area (Å²) < 4.78 is 96.8. The summed E-state index contributed by atoms with van der Waals surface area (Å²) in [5, 5.41) is 12.7. The Kier molecular flexibility index (Phi) is 5.73. The molecule has 2 aromatic rings. The minimum Gasteiger partial charge on any atom is -0.504 e. The van der Waals surface area contributed by atoms with Crippen LogP contribution in [-0.2, 0) is 6.18 Å². The molecule has 12 heteroatoms. The number of anilines is 1. The first-order chi connectivity index (χ1) is 12.5. The Bertz CT molecular complexity index is 887. The number of hydrogen-bond acceptors (Lipinski definition) is 4. The summed E-state index contributed by atoms with van der Waals surface area (Å²) in [7, 11) is 1.22. The highest BCUT2D eigenvalue weighted by atomic mass is 35.5. The van der Waals surface area contributed by atoms with Crippen LogP contribution >= 0.6 is 11.6 Å². The molecule has 27 heavy (non-hydrogen) atoms. The van der Waals surface area contributed by atoms with Crippen molar-refractivity contribution in [3.8, 4) is 11.5 Å².